The van der Waals surface area contributed by atoms with Gasteiger partial charge >= 0.3 is 0 Å². The van der Waals surface area contributed by atoms with Gasteiger partial charge in [-0.2, -0.15) is 0 Å². The zero-order valence-electron chi connectivity index (χ0n) is 45.5. The van der Waals surface area contributed by atoms with Crippen LogP contribution in [0.5, 0.6) is 0 Å². The Morgan fingerprint density at radius 3 is 1.21 bits per heavy atom. The minimum atomic E-state index is -0.764. The first kappa shape index (κ1) is 46.8. The predicted octanol–water partition coefficient (Wildman–Crippen LogP) is 16.2. The normalized spacial score (nSPS) is 14.6. The SMILES string of the molecule is Cc1ccc2c(c1)-c1cc(C)ccc1C2(c1cccc(C2(c3cc(-c4c(C)cccc4C)ccn3)c3ccc(C)cc3-c3cc(C)ccc32)c1)c1cccc(C2(n3[c-][n+](C)cc3)c3ccc(C)cc3-c3cc(C)ccc32)c1. The Balaban J connectivity index is 1.10. The smallest absolute Gasteiger partial charge is 0.204 e. The van der Waals surface area contributed by atoms with Gasteiger partial charge in [-0.1, -0.05) is 203 Å². The van der Waals surface area contributed by atoms with Crippen molar-refractivity contribution in [1.29, 1.82) is 0 Å². The van der Waals surface area contributed by atoms with E-state index in [0.29, 0.717) is 0 Å². The minimum Gasteiger partial charge on any atom is -0.354 e. The van der Waals surface area contributed by atoms with Crippen molar-refractivity contribution in [2.75, 3.05) is 0 Å². The Morgan fingerprint density at radius 1 is 0.390 bits per heavy atom. The van der Waals surface area contributed by atoms with Crippen LogP contribution in [0.2, 0.25) is 0 Å². The van der Waals surface area contributed by atoms with Gasteiger partial charge in [0.1, 0.15) is 0 Å². The van der Waals surface area contributed by atoms with Gasteiger partial charge in [-0.25, -0.2) is 0 Å². The molecule has 0 spiro atoms. The number of hydrogen-bond acceptors (Lipinski definition) is 1. The van der Waals surface area contributed by atoms with Gasteiger partial charge in [-0.3, -0.25) is 4.98 Å². The molecular formula is C74H61N3. The molecule has 9 aromatic carbocycles. The monoisotopic (exact) mass is 991 g/mol. The number of aryl methyl sites for hydroxylation is 9. The molecule has 0 unspecified atom stereocenters. The van der Waals surface area contributed by atoms with Crippen molar-refractivity contribution in [1.82, 2.24) is 9.55 Å². The van der Waals surface area contributed by atoms with E-state index in [-0.39, 0.29) is 0 Å². The quantitative estimate of drug-likeness (QED) is 0.115. The maximum atomic E-state index is 5.53. The molecule has 2 aromatic heterocycles. The van der Waals surface area contributed by atoms with E-state index in [9.17, 15) is 0 Å². The summed E-state index contributed by atoms with van der Waals surface area (Å²) in [6.07, 6.45) is 10.1. The number of benzene rings is 9. The average Bonchev–Trinajstić information content (AvgIpc) is 4.29. The third-order valence-electron chi connectivity index (χ3n) is 17.7. The molecule has 11 aromatic rings. The van der Waals surface area contributed by atoms with Gasteiger partial charge in [0.25, 0.3) is 0 Å². The summed E-state index contributed by atoms with van der Waals surface area (Å²) in [5.74, 6) is 0. The summed E-state index contributed by atoms with van der Waals surface area (Å²) in [6, 6.07) is 73.1. The minimum absolute atomic E-state index is 0.721. The highest BCUT2D eigenvalue weighted by molar-refractivity contribution is 5.90. The summed E-state index contributed by atoms with van der Waals surface area (Å²) in [4.78, 5) is 5.53. The van der Waals surface area contributed by atoms with Crippen LogP contribution in [-0.2, 0) is 23.4 Å². The van der Waals surface area contributed by atoms with E-state index in [1.165, 1.54) is 145 Å². The molecule has 0 fully saturated rings. The number of pyridine rings is 1. The number of rotatable bonds is 7. The number of aromatic nitrogens is 3. The van der Waals surface area contributed by atoms with E-state index in [4.69, 9.17) is 4.98 Å². The fraction of sp³-hybridized carbons (Fsp3) is 0.162. The Morgan fingerprint density at radius 2 is 0.766 bits per heavy atom. The maximum absolute atomic E-state index is 5.53. The van der Waals surface area contributed by atoms with Crippen molar-refractivity contribution in [3.05, 3.63) is 319 Å². The molecule has 0 N–H and O–H groups in total. The molecule has 0 saturated carbocycles. The summed E-state index contributed by atoms with van der Waals surface area (Å²) in [7, 11) is 2.08. The first-order chi connectivity index (χ1) is 37.3. The molecule has 2 heterocycles. The summed E-state index contributed by atoms with van der Waals surface area (Å²) in [5, 5.41) is 0. The van der Waals surface area contributed by atoms with Crippen molar-refractivity contribution < 1.29 is 4.57 Å². The second-order valence-corrected chi connectivity index (χ2v) is 22.7. The van der Waals surface area contributed by atoms with Crippen molar-refractivity contribution in [3.63, 3.8) is 0 Å². The average molecular weight is 992 g/mol. The van der Waals surface area contributed by atoms with Gasteiger partial charge in [0.2, 0.25) is 6.33 Å². The topological polar surface area (TPSA) is 21.7 Å². The van der Waals surface area contributed by atoms with Crippen molar-refractivity contribution >= 4 is 0 Å². The lowest BCUT2D eigenvalue weighted by molar-refractivity contribution is -0.675. The molecule has 3 aliphatic carbocycles. The van der Waals surface area contributed by atoms with E-state index in [1.54, 1.807) is 0 Å². The number of hydrogen-bond donors (Lipinski definition) is 0. The fourth-order valence-corrected chi connectivity index (χ4v) is 14.5. The van der Waals surface area contributed by atoms with Gasteiger partial charge in [0.05, 0.1) is 23.6 Å². The van der Waals surface area contributed by atoms with Gasteiger partial charge in [0, 0.05) is 22.9 Å². The number of fused-ring (bicyclic) bond motifs is 9. The first-order valence-corrected chi connectivity index (χ1v) is 27.2. The third kappa shape index (κ3) is 6.50. The molecule has 3 nitrogen and oxygen atoms in total. The van der Waals surface area contributed by atoms with Crippen molar-refractivity contribution in [2.24, 2.45) is 7.05 Å². The zero-order chi connectivity index (χ0) is 52.7. The van der Waals surface area contributed by atoms with E-state index >= 15 is 0 Å². The van der Waals surface area contributed by atoms with Gasteiger partial charge in [-0.05, 0) is 181 Å². The van der Waals surface area contributed by atoms with Crippen molar-refractivity contribution in [3.8, 4) is 44.5 Å². The zero-order valence-corrected chi connectivity index (χ0v) is 45.5. The molecule has 3 aliphatic rings. The highest BCUT2D eigenvalue weighted by Crippen LogP contribution is 2.61. The largest absolute Gasteiger partial charge is 0.354 e. The van der Waals surface area contributed by atoms with Gasteiger partial charge in [0.15, 0.2) is 5.54 Å². The lowest BCUT2D eigenvalue weighted by atomic mass is 9.64. The molecule has 0 atom stereocenters. The summed E-state index contributed by atoms with van der Waals surface area (Å²) < 4.78 is 4.39. The molecule has 0 saturated heterocycles. The summed E-state index contributed by atoms with van der Waals surface area (Å²) >= 11 is 0. The number of imidazole rings is 1. The summed E-state index contributed by atoms with van der Waals surface area (Å²) in [5.41, 5.74) is 31.2. The lowest BCUT2D eigenvalue weighted by Gasteiger charge is -2.38. The molecule has 0 bridgehead atoms. The first-order valence-electron chi connectivity index (χ1n) is 27.2. The molecule has 0 aliphatic heterocycles. The van der Waals surface area contributed by atoms with Crippen LogP contribution >= 0.6 is 0 Å². The molecule has 372 valence electrons. The number of nitrogens with zero attached hydrogens (tertiary/aromatic N) is 3. The second-order valence-electron chi connectivity index (χ2n) is 22.7. The standard InChI is InChI=1S/C74H61N3/c1-45-19-25-64-58(35-45)59-36-46(2)20-26-65(59)72(64,55-16-12-18-57(43-55)74(77-34-33-76(9)44-77)68-29-23-49(5)39-62(68)63-40-50(6)24-30-69(63)74)54-15-11-17-56(42-54)73(70-41-53(31-32-75-70)71-51(7)13-10-14-52(71)8)66-27-21-47(3)37-60(66)61-38-48(4)22-28-67(61)73/h10-43H,1-9H3. The lowest BCUT2D eigenvalue weighted by Crippen LogP contribution is -2.38. The second kappa shape index (κ2) is 16.9. The predicted molar refractivity (Wildman–Crippen MR) is 314 cm³/mol. The molecule has 0 radical (unpaired) electrons. The maximum Gasteiger partial charge on any atom is 0.204 e. The molecule has 3 heteroatoms. The van der Waals surface area contributed by atoms with Crippen LogP contribution in [0.25, 0.3) is 44.5 Å². The van der Waals surface area contributed by atoms with Crippen LogP contribution < -0.4 is 4.57 Å². The van der Waals surface area contributed by atoms with Crippen LogP contribution in [-0.4, -0.2) is 9.55 Å². The van der Waals surface area contributed by atoms with Crippen LogP contribution in [0, 0.1) is 61.7 Å². The van der Waals surface area contributed by atoms with E-state index < -0.39 is 16.4 Å². The van der Waals surface area contributed by atoms with E-state index in [2.05, 4.69) is 278 Å². The summed E-state index contributed by atoms with van der Waals surface area (Å²) in [6.45, 7) is 17.8. The molecular weight excluding hydrogens is 931 g/mol. The van der Waals surface area contributed by atoms with Crippen LogP contribution in [0.15, 0.2) is 207 Å². The Hall–Kier alpha value is -8.66. The highest BCUT2D eigenvalue weighted by Gasteiger charge is 2.53. The Kier molecular flexibility index (Phi) is 10.3. The van der Waals surface area contributed by atoms with Crippen LogP contribution in [0.4, 0.5) is 0 Å². The third-order valence-corrected chi connectivity index (χ3v) is 17.7. The van der Waals surface area contributed by atoms with E-state index in [0.717, 1.165) is 5.69 Å². The van der Waals surface area contributed by atoms with Gasteiger partial charge in [-0.15, -0.1) is 0 Å². The Labute approximate surface area is 453 Å². The van der Waals surface area contributed by atoms with Gasteiger partial charge < -0.3 is 9.13 Å². The molecule has 0 amide bonds. The highest BCUT2D eigenvalue weighted by atomic mass is 15.2. The van der Waals surface area contributed by atoms with E-state index in [1.807, 2.05) is 6.20 Å². The van der Waals surface area contributed by atoms with Crippen LogP contribution in [0.3, 0.4) is 0 Å². The Bertz CT molecular complexity index is 4120. The van der Waals surface area contributed by atoms with Crippen molar-refractivity contribution in [2.45, 2.75) is 71.8 Å². The molecule has 14 rings (SSSR count). The van der Waals surface area contributed by atoms with Crippen LogP contribution in [0.1, 0.15) is 106 Å². The molecule has 77 heavy (non-hydrogen) atoms. The fourth-order valence-electron chi connectivity index (χ4n) is 14.5.